The van der Waals surface area contributed by atoms with Crippen molar-refractivity contribution in [1.29, 1.82) is 0 Å². The van der Waals surface area contributed by atoms with Gasteiger partial charge in [-0.25, -0.2) is 0 Å². The number of hydrogen-bond acceptors (Lipinski definition) is 4. The molecule has 4 nitrogen and oxygen atoms in total. The molecule has 1 N–H and O–H groups in total. The summed E-state index contributed by atoms with van der Waals surface area (Å²) in [5.41, 5.74) is 6.21. The first-order valence-corrected chi connectivity index (χ1v) is 10.8. The molecule has 0 amide bonds. The van der Waals surface area contributed by atoms with E-state index in [1.54, 1.807) is 0 Å². The van der Waals surface area contributed by atoms with Gasteiger partial charge in [0.2, 0.25) is 0 Å². The summed E-state index contributed by atoms with van der Waals surface area (Å²) < 4.78 is 4.95. The summed E-state index contributed by atoms with van der Waals surface area (Å²) in [6, 6.07) is 10.3. The van der Waals surface area contributed by atoms with Crippen LogP contribution in [-0.2, 0) is 14.8 Å². The second kappa shape index (κ2) is 9.04. The minimum Gasteiger partial charge on any atom is -0.508 e. The van der Waals surface area contributed by atoms with E-state index in [0.29, 0.717) is 24.9 Å². The van der Waals surface area contributed by atoms with E-state index in [2.05, 4.69) is 68.4 Å². The quantitative estimate of drug-likeness (QED) is 0.243. The lowest BCUT2D eigenvalue weighted by Crippen LogP contribution is -2.13. The topological polar surface area (TPSA) is 47.9 Å². The molecule has 0 bridgehead atoms. The van der Waals surface area contributed by atoms with Crippen molar-refractivity contribution in [3.63, 3.8) is 0 Å². The number of rotatable bonds is 8. The Labute approximate surface area is 176 Å². The van der Waals surface area contributed by atoms with Crippen molar-refractivity contribution in [3.8, 4) is 11.5 Å². The van der Waals surface area contributed by atoms with Crippen LogP contribution in [0.1, 0.15) is 80.2 Å². The van der Waals surface area contributed by atoms with Crippen LogP contribution in [0, 0.1) is 6.92 Å². The number of phenols is 1. The standard InChI is InChI=1S/C24H33O4P/c1-15(2)19-12-17(7-8-22(19)25)20-14-24(4,5)21-13-18(11-16(3)23(20)21)28-26-9-6-10-27-29/h7-8,11-13,15,20,25H,6,9-10,14,29H2,1-5H3. The van der Waals surface area contributed by atoms with Crippen molar-refractivity contribution in [1.82, 2.24) is 0 Å². The van der Waals surface area contributed by atoms with Gasteiger partial charge in [-0.1, -0.05) is 39.8 Å². The summed E-state index contributed by atoms with van der Waals surface area (Å²) in [4.78, 5) is 10.9. The van der Waals surface area contributed by atoms with Crippen molar-refractivity contribution in [3.05, 3.63) is 58.1 Å². The second-order valence-electron chi connectivity index (χ2n) is 8.94. The van der Waals surface area contributed by atoms with E-state index >= 15 is 0 Å². The normalized spacial score (nSPS) is 17.6. The summed E-state index contributed by atoms with van der Waals surface area (Å²) in [6.07, 6.45) is 1.81. The average molecular weight is 416 g/mol. The number of hydrogen-bond donors (Lipinski definition) is 1. The first-order chi connectivity index (χ1) is 13.7. The Bertz CT molecular complexity index is 860. The summed E-state index contributed by atoms with van der Waals surface area (Å²) in [5.74, 6) is 1.73. The number of aryl methyl sites for hydroxylation is 1. The van der Waals surface area contributed by atoms with Crippen LogP contribution in [0.5, 0.6) is 11.5 Å². The summed E-state index contributed by atoms with van der Waals surface area (Å²) >= 11 is 0. The Hall–Kier alpha value is -1.61. The van der Waals surface area contributed by atoms with E-state index in [1.165, 1.54) is 22.3 Å². The molecular weight excluding hydrogens is 383 g/mol. The molecule has 0 saturated heterocycles. The second-order valence-corrected chi connectivity index (χ2v) is 9.28. The molecule has 2 aromatic rings. The Kier molecular flexibility index (Phi) is 6.88. The number of phenolic OH excluding ortho intramolecular Hbond substituents is 1. The van der Waals surface area contributed by atoms with Crippen molar-refractivity contribution in [2.45, 2.75) is 64.7 Å². The maximum atomic E-state index is 10.2. The third-order valence-corrected chi connectivity index (χ3v) is 6.11. The lowest BCUT2D eigenvalue weighted by atomic mass is 9.84. The molecule has 0 spiro atoms. The number of benzene rings is 2. The third kappa shape index (κ3) is 4.77. The predicted molar refractivity (Wildman–Crippen MR) is 120 cm³/mol. The van der Waals surface area contributed by atoms with Crippen LogP contribution in [-0.4, -0.2) is 18.3 Å². The molecule has 1 aliphatic rings. The van der Waals surface area contributed by atoms with Gasteiger partial charge in [0.1, 0.15) is 5.75 Å². The highest BCUT2D eigenvalue weighted by molar-refractivity contribution is 7.09. The van der Waals surface area contributed by atoms with Crippen LogP contribution in [0.4, 0.5) is 0 Å². The fraction of sp³-hybridized carbons (Fsp3) is 0.500. The molecule has 0 radical (unpaired) electrons. The summed E-state index contributed by atoms with van der Waals surface area (Å²) in [5, 5.41) is 10.2. The van der Waals surface area contributed by atoms with Gasteiger partial charge in [-0.3, -0.25) is 0 Å². The minimum atomic E-state index is 0.0350. The zero-order valence-electron chi connectivity index (χ0n) is 18.1. The highest BCUT2D eigenvalue weighted by Crippen LogP contribution is 2.51. The Morgan fingerprint density at radius 3 is 2.62 bits per heavy atom. The zero-order chi connectivity index (χ0) is 21.2. The van der Waals surface area contributed by atoms with Crippen LogP contribution in [0.2, 0.25) is 0 Å². The molecule has 0 aliphatic heterocycles. The Balaban J connectivity index is 1.90. The maximum absolute atomic E-state index is 10.2. The van der Waals surface area contributed by atoms with Gasteiger partial charge in [0.15, 0.2) is 5.75 Å². The molecule has 0 heterocycles. The first-order valence-electron chi connectivity index (χ1n) is 10.3. The fourth-order valence-electron chi connectivity index (χ4n) is 4.41. The predicted octanol–water partition coefficient (Wildman–Crippen LogP) is 6.14. The van der Waals surface area contributed by atoms with E-state index in [0.717, 1.165) is 24.2 Å². The lowest BCUT2D eigenvalue weighted by Gasteiger charge is -2.20. The lowest BCUT2D eigenvalue weighted by molar-refractivity contribution is -0.208. The van der Waals surface area contributed by atoms with E-state index in [1.807, 2.05) is 6.07 Å². The number of fused-ring (bicyclic) bond motifs is 1. The van der Waals surface area contributed by atoms with Crippen LogP contribution in [0.15, 0.2) is 30.3 Å². The SMILES string of the molecule is Cc1cc(OOCCCOP)cc2c1C(c1ccc(O)c(C(C)C)c1)CC2(C)C. The minimum absolute atomic E-state index is 0.0350. The molecular formula is C24H33O4P. The van der Waals surface area contributed by atoms with Crippen LogP contribution < -0.4 is 4.89 Å². The van der Waals surface area contributed by atoms with E-state index < -0.39 is 0 Å². The van der Waals surface area contributed by atoms with Gasteiger partial charge in [-0.05, 0) is 77.1 Å². The fourth-order valence-corrected chi connectivity index (χ4v) is 4.57. The molecule has 3 rings (SSSR count). The average Bonchev–Trinajstić information content (AvgIpc) is 2.93. The molecule has 0 fully saturated rings. The molecule has 2 atom stereocenters. The first kappa shape index (κ1) is 22.1. The highest BCUT2D eigenvalue weighted by atomic mass is 31.0. The molecule has 158 valence electrons. The van der Waals surface area contributed by atoms with Crippen molar-refractivity contribution >= 4 is 9.47 Å². The number of aromatic hydroxyl groups is 1. The van der Waals surface area contributed by atoms with Crippen molar-refractivity contribution < 1.29 is 19.4 Å². The Morgan fingerprint density at radius 1 is 1.17 bits per heavy atom. The monoisotopic (exact) mass is 416 g/mol. The third-order valence-electron chi connectivity index (χ3n) is 5.87. The van der Waals surface area contributed by atoms with Crippen LogP contribution >= 0.6 is 9.47 Å². The summed E-state index contributed by atoms with van der Waals surface area (Å²) in [7, 11) is 2.24. The van der Waals surface area contributed by atoms with Crippen molar-refractivity contribution in [2.75, 3.05) is 13.2 Å². The molecule has 2 unspecified atom stereocenters. The maximum Gasteiger partial charge on any atom is 0.165 e. The van der Waals surface area contributed by atoms with Gasteiger partial charge in [0.25, 0.3) is 0 Å². The molecule has 1 aliphatic carbocycles. The smallest absolute Gasteiger partial charge is 0.165 e. The molecule has 5 heteroatoms. The largest absolute Gasteiger partial charge is 0.508 e. The van der Waals surface area contributed by atoms with Gasteiger partial charge >= 0.3 is 0 Å². The summed E-state index contributed by atoms with van der Waals surface area (Å²) in [6.45, 7) is 12.1. The molecule has 2 aromatic carbocycles. The van der Waals surface area contributed by atoms with Gasteiger partial charge in [-0.2, -0.15) is 4.89 Å². The van der Waals surface area contributed by atoms with Crippen molar-refractivity contribution in [2.24, 2.45) is 0 Å². The van der Waals surface area contributed by atoms with E-state index in [4.69, 9.17) is 14.3 Å². The van der Waals surface area contributed by atoms with Gasteiger partial charge < -0.3 is 14.5 Å². The van der Waals surface area contributed by atoms with Gasteiger partial charge in [0.05, 0.1) is 13.2 Å². The Morgan fingerprint density at radius 2 is 1.93 bits per heavy atom. The van der Waals surface area contributed by atoms with E-state index in [9.17, 15) is 5.11 Å². The van der Waals surface area contributed by atoms with E-state index in [-0.39, 0.29) is 11.3 Å². The van der Waals surface area contributed by atoms with Gasteiger partial charge in [-0.15, -0.1) is 0 Å². The van der Waals surface area contributed by atoms with Crippen LogP contribution in [0.3, 0.4) is 0 Å². The molecule has 0 aromatic heterocycles. The zero-order valence-corrected chi connectivity index (χ0v) is 19.3. The van der Waals surface area contributed by atoms with Crippen LogP contribution in [0.25, 0.3) is 0 Å². The molecule has 0 saturated carbocycles. The highest BCUT2D eigenvalue weighted by Gasteiger charge is 2.39. The van der Waals surface area contributed by atoms with Gasteiger partial charge in [0, 0.05) is 15.4 Å². The molecule has 29 heavy (non-hydrogen) atoms.